The number of hydrogen-bond donors (Lipinski definition) is 1. The minimum atomic E-state index is -3.57. The van der Waals surface area contributed by atoms with Gasteiger partial charge in [-0.25, -0.2) is 0 Å². The topological polar surface area (TPSA) is 69.7 Å². The lowest BCUT2D eigenvalue weighted by molar-refractivity contribution is -0.00518. The molecule has 6 rings (SSSR count). The molecule has 1 amide bonds. The summed E-state index contributed by atoms with van der Waals surface area (Å²) in [7, 11) is 0.906. The third kappa shape index (κ3) is 4.06. The van der Waals surface area contributed by atoms with Crippen molar-refractivity contribution in [1.82, 2.24) is 4.31 Å². The second-order valence-corrected chi connectivity index (χ2v) is 12.7. The molecule has 0 spiro atoms. The third-order valence-corrected chi connectivity index (χ3v) is 9.92. The lowest BCUT2D eigenvalue weighted by atomic mass is 9.48. The molecule has 1 N–H and O–H groups in total. The molecule has 2 aromatic carbocycles. The van der Waals surface area contributed by atoms with Crippen LogP contribution in [0.15, 0.2) is 48.5 Å². The van der Waals surface area contributed by atoms with Gasteiger partial charge in [-0.05, 0) is 104 Å². The minimum absolute atomic E-state index is 0.206. The van der Waals surface area contributed by atoms with Crippen LogP contribution in [-0.2, 0) is 15.6 Å². The number of rotatable bonds is 6. The number of benzene rings is 2. The van der Waals surface area contributed by atoms with Crippen molar-refractivity contribution in [3.8, 4) is 0 Å². The van der Waals surface area contributed by atoms with Crippen molar-refractivity contribution in [2.75, 3.05) is 30.8 Å². The summed E-state index contributed by atoms with van der Waals surface area (Å²) in [5.74, 6) is 2.52. The van der Waals surface area contributed by atoms with Crippen molar-refractivity contribution in [2.45, 2.75) is 43.9 Å². The molecule has 6 nitrogen and oxygen atoms in total. The summed E-state index contributed by atoms with van der Waals surface area (Å²) < 4.78 is 26.9. The maximum atomic E-state index is 12.8. The standard InChI is InChI=1S/C26H33N3O3S/c1-28(2)33(31,32)29(3)24-10-4-21(5-11-24)25(30)27-23-8-6-22(7-9-23)26-15-18-12-19(16-26)14-20(13-18)17-26/h4-11,18-20H,12-17H2,1-3H3,(H,27,30). The van der Waals surface area contributed by atoms with Crippen LogP contribution >= 0.6 is 0 Å². The first-order chi connectivity index (χ1) is 15.7. The summed E-state index contributed by atoms with van der Waals surface area (Å²) in [4.78, 5) is 12.8. The number of carbonyl (C=O) groups excluding carboxylic acids is 1. The highest BCUT2D eigenvalue weighted by molar-refractivity contribution is 7.90. The van der Waals surface area contributed by atoms with Crippen molar-refractivity contribution >= 4 is 27.5 Å². The van der Waals surface area contributed by atoms with Gasteiger partial charge in [-0.3, -0.25) is 9.10 Å². The molecule has 0 atom stereocenters. The summed E-state index contributed by atoms with van der Waals surface area (Å²) in [6.07, 6.45) is 8.29. The van der Waals surface area contributed by atoms with Crippen LogP contribution in [0.5, 0.6) is 0 Å². The van der Waals surface area contributed by atoms with E-state index in [1.807, 2.05) is 12.1 Å². The van der Waals surface area contributed by atoms with Gasteiger partial charge >= 0.3 is 10.2 Å². The zero-order valence-electron chi connectivity index (χ0n) is 19.6. The predicted octanol–water partition coefficient (Wildman–Crippen LogP) is 4.65. The van der Waals surface area contributed by atoms with Crippen LogP contribution in [0, 0.1) is 17.8 Å². The zero-order valence-corrected chi connectivity index (χ0v) is 20.4. The summed E-state index contributed by atoms with van der Waals surface area (Å²) in [6, 6.07) is 15.1. The number of nitrogens with zero attached hydrogens (tertiary/aromatic N) is 2. The molecule has 2 aromatic rings. The highest BCUT2D eigenvalue weighted by Crippen LogP contribution is 2.60. The number of carbonyl (C=O) groups is 1. The Hall–Kier alpha value is -2.38. The van der Waals surface area contributed by atoms with E-state index in [4.69, 9.17) is 0 Å². The molecule has 4 fully saturated rings. The second kappa shape index (κ2) is 8.13. The number of anilines is 2. The summed E-state index contributed by atoms with van der Waals surface area (Å²) in [5.41, 5.74) is 3.56. The van der Waals surface area contributed by atoms with Gasteiger partial charge < -0.3 is 5.32 Å². The van der Waals surface area contributed by atoms with Crippen molar-refractivity contribution in [3.05, 3.63) is 59.7 Å². The summed E-state index contributed by atoms with van der Waals surface area (Å²) in [5, 5.41) is 2.98. The number of amides is 1. The van der Waals surface area contributed by atoms with E-state index in [0.29, 0.717) is 16.7 Å². The SMILES string of the molecule is CN(C)S(=O)(=O)N(C)c1ccc(C(=O)Nc2ccc(C34CC5CC(CC(C5)C3)C4)cc2)cc1. The van der Waals surface area contributed by atoms with E-state index in [0.717, 1.165) is 27.7 Å². The Balaban J connectivity index is 1.26. The molecule has 4 bridgehead atoms. The van der Waals surface area contributed by atoms with Gasteiger partial charge in [0.05, 0.1) is 5.69 Å². The zero-order chi connectivity index (χ0) is 23.4. The molecular formula is C26H33N3O3S. The highest BCUT2D eigenvalue weighted by atomic mass is 32.2. The van der Waals surface area contributed by atoms with Gasteiger partial charge in [0.1, 0.15) is 0 Å². The van der Waals surface area contributed by atoms with E-state index in [1.54, 1.807) is 24.3 Å². The van der Waals surface area contributed by atoms with Crippen LogP contribution in [0.1, 0.15) is 54.4 Å². The van der Waals surface area contributed by atoms with Crippen LogP contribution in [0.2, 0.25) is 0 Å². The van der Waals surface area contributed by atoms with Gasteiger partial charge in [0, 0.05) is 32.4 Å². The second-order valence-electron chi connectivity index (χ2n) is 10.5. The molecule has 0 saturated heterocycles. The van der Waals surface area contributed by atoms with Crippen molar-refractivity contribution < 1.29 is 13.2 Å². The molecule has 7 heteroatoms. The predicted molar refractivity (Wildman–Crippen MR) is 132 cm³/mol. The summed E-state index contributed by atoms with van der Waals surface area (Å²) in [6.45, 7) is 0. The maximum absolute atomic E-state index is 12.8. The van der Waals surface area contributed by atoms with Gasteiger partial charge in [0.15, 0.2) is 0 Å². The van der Waals surface area contributed by atoms with Gasteiger partial charge in [0.25, 0.3) is 5.91 Å². The van der Waals surface area contributed by atoms with E-state index >= 15 is 0 Å². The van der Waals surface area contributed by atoms with Crippen LogP contribution in [-0.4, -0.2) is 39.8 Å². The number of nitrogens with one attached hydrogen (secondary N) is 1. The Morgan fingerprint density at radius 3 is 1.85 bits per heavy atom. The van der Waals surface area contributed by atoms with Gasteiger partial charge in [0.2, 0.25) is 0 Å². The van der Waals surface area contributed by atoms with E-state index in [2.05, 4.69) is 17.4 Å². The van der Waals surface area contributed by atoms with Crippen molar-refractivity contribution in [1.29, 1.82) is 0 Å². The molecule has 4 saturated carbocycles. The fraction of sp³-hybridized carbons (Fsp3) is 0.500. The Bertz CT molecular complexity index is 1110. The van der Waals surface area contributed by atoms with Crippen molar-refractivity contribution in [3.63, 3.8) is 0 Å². The average molecular weight is 468 g/mol. The van der Waals surface area contributed by atoms with E-state index in [9.17, 15) is 13.2 Å². The Morgan fingerprint density at radius 2 is 1.36 bits per heavy atom. The van der Waals surface area contributed by atoms with E-state index in [1.165, 1.54) is 69.5 Å². The third-order valence-electron chi connectivity index (χ3n) is 8.09. The largest absolute Gasteiger partial charge is 0.322 e. The molecule has 4 aliphatic carbocycles. The monoisotopic (exact) mass is 467 g/mol. The summed E-state index contributed by atoms with van der Waals surface area (Å²) >= 11 is 0. The molecule has 0 heterocycles. The normalized spacial score (nSPS) is 28.2. The fourth-order valence-electron chi connectivity index (χ4n) is 6.78. The molecule has 0 radical (unpaired) electrons. The van der Waals surface area contributed by atoms with Gasteiger partial charge in [-0.1, -0.05) is 12.1 Å². The van der Waals surface area contributed by atoms with E-state index in [-0.39, 0.29) is 5.91 Å². The first-order valence-electron chi connectivity index (χ1n) is 11.8. The minimum Gasteiger partial charge on any atom is -0.322 e. The first-order valence-corrected chi connectivity index (χ1v) is 13.2. The van der Waals surface area contributed by atoms with Crippen LogP contribution < -0.4 is 9.62 Å². The Kier molecular flexibility index (Phi) is 5.52. The quantitative estimate of drug-likeness (QED) is 0.672. The van der Waals surface area contributed by atoms with Gasteiger partial charge in [-0.2, -0.15) is 12.7 Å². The Morgan fingerprint density at radius 1 is 0.848 bits per heavy atom. The number of hydrogen-bond acceptors (Lipinski definition) is 3. The lowest BCUT2D eigenvalue weighted by Gasteiger charge is -2.57. The van der Waals surface area contributed by atoms with Crippen LogP contribution in [0.3, 0.4) is 0 Å². The molecule has 0 aliphatic heterocycles. The molecule has 33 heavy (non-hydrogen) atoms. The Labute approximate surface area is 197 Å². The molecule has 4 aliphatic rings. The van der Waals surface area contributed by atoms with Crippen LogP contribution in [0.4, 0.5) is 11.4 Å². The lowest BCUT2D eigenvalue weighted by Crippen LogP contribution is -2.48. The molecule has 0 unspecified atom stereocenters. The fourth-order valence-corrected chi connectivity index (χ4v) is 7.65. The van der Waals surface area contributed by atoms with Crippen molar-refractivity contribution in [2.24, 2.45) is 17.8 Å². The first kappa shape index (κ1) is 22.4. The maximum Gasteiger partial charge on any atom is 0.303 e. The van der Waals surface area contributed by atoms with Gasteiger partial charge in [-0.15, -0.1) is 0 Å². The average Bonchev–Trinajstić information content (AvgIpc) is 2.78. The van der Waals surface area contributed by atoms with Crippen LogP contribution in [0.25, 0.3) is 0 Å². The van der Waals surface area contributed by atoms with E-state index < -0.39 is 10.2 Å². The molecule has 176 valence electrons. The molecule has 0 aromatic heterocycles. The highest BCUT2D eigenvalue weighted by Gasteiger charge is 2.51. The smallest absolute Gasteiger partial charge is 0.303 e. The molecular weight excluding hydrogens is 434 g/mol.